The highest BCUT2D eigenvalue weighted by Crippen LogP contribution is 2.31. The fourth-order valence-corrected chi connectivity index (χ4v) is 3.90. The molecule has 9 nitrogen and oxygen atoms in total. The van der Waals surface area contributed by atoms with E-state index in [-0.39, 0.29) is 23.3 Å². The van der Waals surface area contributed by atoms with E-state index in [4.69, 9.17) is 4.74 Å². The van der Waals surface area contributed by atoms with Crippen LogP contribution in [0.2, 0.25) is 0 Å². The zero-order valence-corrected chi connectivity index (χ0v) is 16.8. The highest BCUT2D eigenvalue weighted by Gasteiger charge is 2.29. The van der Waals surface area contributed by atoms with Gasteiger partial charge < -0.3 is 9.64 Å². The summed E-state index contributed by atoms with van der Waals surface area (Å²) in [5, 5.41) is 20.1. The number of nitriles is 1. The molecule has 0 radical (unpaired) electrons. The second-order valence-corrected chi connectivity index (χ2v) is 7.57. The Hall–Kier alpha value is -4.06. The summed E-state index contributed by atoms with van der Waals surface area (Å²) in [6.45, 7) is 3.31. The number of hydrogen-bond acceptors (Lipinski definition) is 8. The number of ether oxygens (including phenoxy) is 1. The van der Waals surface area contributed by atoms with Gasteiger partial charge in [-0.1, -0.05) is 6.92 Å². The lowest BCUT2D eigenvalue weighted by Crippen LogP contribution is -2.44. The molecule has 31 heavy (non-hydrogen) atoms. The Balaban J connectivity index is 1.55. The molecule has 0 amide bonds. The molecule has 1 aromatic heterocycles. The summed E-state index contributed by atoms with van der Waals surface area (Å²) in [4.78, 5) is 33.7. The lowest BCUT2D eigenvalue weighted by Gasteiger charge is -2.37. The lowest BCUT2D eigenvalue weighted by molar-refractivity contribution is -0.384. The van der Waals surface area contributed by atoms with E-state index in [1.165, 1.54) is 24.3 Å². The summed E-state index contributed by atoms with van der Waals surface area (Å²) in [6.07, 6.45) is 3.50. The molecule has 156 valence electrons. The van der Waals surface area contributed by atoms with Crippen molar-refractivity contribution in [3.8, 4) is 6.07 Å². The van der Waals surface area contributed by atoms with Gasteiger partial charge in [-0.3, -0.25) is 20.1 Å². The molecule has 0 aliphatic carbocycles. The van der Waals surface area contributed by atoms with E-state index in [1.807, 2.05) is 6.07 Å². The van der Waals surface area contributed by atoms with Crippen LogP contribution in [0.1, 0.15) is 29.3 Å². The Morgan fingerprint density at radius 1 is 1.16 bits per heavy atom. The van der Waals surface area contributed by atoms with Crippen molar-refractivity contribution in [2.45, 2.75) is 19.4 Å². The molecule has 4 rings (SSSR count). The number of nitro benzene ring substituents is 1. The maximum Gasteiger partial charge on any atom is 0.338 e. The average molecular weight is 417 g/mol. The Bertz CT molecular complexity index is 1190. The van der Waals surface area contributed by atoms with E-state index in [9.17, 15) is 20.2 Å². The third-order valence-corrected chi connectivity index (χ3v) is 5.27. The minimum atomic E-state index is -0.515. The van der Waals surface area contributed by atoms with E-state index in [0.717, 1.165) is 12.2 Å². The minimum Gasteiger partial charge on any atom is -0.457 e. The van der Waals surface area contributed by atoms with Crippen LogP contribution in [0.15, 0.2) is 48.8 Å². The molecular weight excluding hydrogens is 398 g/mol. The molecule has 1 aliphatic heterocycles. The smallest absolute Gasteiger partial charge is 0.338 e. The number of carbonyl (C=O) groups excluding carboxylic acids is 1. The number of esters is 1. The number of piperidine rings is 1. The number of nitro groups is 1. The first-order valence-electron chi connectivity index (χ1n) is 9.80. The SMILES string of the molecule is C[C@@H]1C[C@@H](OC(=O)c2ccc([N+](=O)[O-])cc2)CN(c2ccc(C#N)c3nccnc23)C1. The Labute approximate surface area is 178 Å². The van der Waals surface area contributed by atoms with Crippen LogP contribution in [0.5, 0.6) is 0 Å². The number of non-ortho nitro benzene ring substituents is 1. The van der Waals surface area contributed by atoms with Crippen molar-refractivity contribution in [3.63, 3.8) is 0 Å². The number of aromatic nitrogens is 2. The van der Waals surface area contributed by atoms with Crippen LogP contribution < -0.4 is 4.90 Å². The Kier molecular flexibility index (Phi) is 5.45. The van der Waals surface area contributed by atoms with Gasteiger partial charge in [0.05, 0.1) is 28.3 Å². The first kappa shape index (κ1) is 20.2. The highest BCUT2D eigenvalue weighted by atomic mass is 16.6. The van der Waals surface area contributed by atoms with Crippen molar-refractivity contribution in [2.24, 2.45) is 5.92 Å². The predicted molar refractivity (Wildman–Crippen MR) is 113 cm³/mol. The second kappa shape index (κ2) is 8.36. The second-order valence-electron chi connectivity index (χ2n) is 7.57. The van der Waals surface area contributed by atoms with Gasteiger partial charge in [-0.25, -0.2) is 4.79 Å². The maximum absolute atomic E-state index is 12.6. The number of benzene rings is 2. The van der Waals surface area contributed by atoms with Gasteiger partial charge in [0.1, 0.15) is 23.2 Å². The first-order chi connectivity index (χ1) is 15.0. The number of anilines is 1. The van der Waals surface area contributed by atoms with E-state index < -0.39 is 10.9 Å². The zero-order chi connectivity index (χ0) is 22.0. The van der Waals surface area contributed by atoms with Gasteiger partial charge in [-0.15, -0.1) is 0 Å². The molecule has 1 fully saturated rings. The third kappa shape index (κ3) is 4.14. The third-order valence-electron chi connectivity index (χ3n) is 5.27. The van der Waals surface area contributed by atoms with Crippen LogP contribution in [0.3, 0.4) is 0 Å². The molecule has 2 heterocycles. The summed E-state index contributed by atoms with van der Waals surface area (Å²) in [5.41, 5.74) is 2.66. The number of fused-ring (bicyclic) bond motifs is 1. The van der Waals surface area contributed by atoms with Gasteiger partial charge in [-0.2, -0.15) is 5.26 Å². The van der Waals surface area contributed by atoms with E-state index >= 15 is 0 Å². The van der Waals surface area contributed by atoms with Gasteiger partial charge in [0.2, 0.25) is 0 Å². The Morgan fingerprint density at radius 3 is 2.55 bits per heavy atom. The van der Waals surface area contributed by atoms with Crippen molar-refractivity contribution in [1.29, 1.82) is 5.26 Å². The van der Waals surface area contributed by atoms with Crippen LogP contribution in [0.4, 0.5) is 11.4 Å². The molecule has 2 aromatic carbocycles. The van der Waals surface area contributed by atoms with E-state index in [2.05, 4.69) is 27.9 Å². The molecule has 0 bridgehead atoms. The van der Waals surface area contributed by atoms with Crippen LogP contribution in [0, 0.1) is 27.4 Å². The summed E-state index contributed by atoms with van der Waals surface area (Å²) < 4.78 is 5.72. The van der Waals surface area contributed by atoms with E-state index in [1.54, 1.807) is 18.5 Å². The topological polar surface area (TPSA) is 122 Å². The number of hydrogen-bond donors (Lipinski definition) is 0. The highest BCUT2D eigenvalue weighted by molar-refractivity contribution is 5.92. The average Bonchev–Trinajstić information content (AvgIpc) is 2.78. The first-order valence-corrected chi connectivity index (χ1v) is 9.80. The number of nitrogens with zero attached hydrogens (tertiary/aromatic N) is 5. The molecule has 0 unspecified atom stereocenters. The maximum atomic E-state index is 12.6. The summed E-state index contributed by atoms with van der Waals surface area (Å²) >= 11 is 0. The molecule has 2 atom stereocenters. The van der Waals surface area contributed by atoms with Gasteiger partial charge in [0.15, 0.2) is 0 Å². The molecule has 0 N–H and O–H groups in total. The van der Waals surface area contributed by atoms with Crippen molar-refractivity contribution in [2.75, 3.05) is 18.0 Å². The normalized spacial score (nSPS) is 18.4. The number of rotatable bonds is 4. The van der Waals surface area contributed by atoms with Crippen molar-refractivity contribution >= 4 is 28.4 Å². The fraction of sp³-hybridized carbons (Fsp3) is 0.273. The monoisotopic (exact) mass is 417 g/mol. The summed E-state index contributed by atoms with van der Waals surface area (Å²) in [6, 6.07) is 11.1. The van der Waals surface area contributed by atoms with Crippen LogP contribution in [-0.2, 0) is 4.74 Å². The molecule has 9 heteroatoms. The van der Waals surface area contributed by atoms with E-state index in [0.29, 0.717) is 29.6 Å². The largest absolute Gasteiger partial charge is 0.457 e. The molecule has 1 aliphatic rings. The van der Waals surface area contributed by atoms with Crippen LogP contribution >= 0.6 is 0 Å². The van der Waals surface area contributed by atoms with Crippen LogP contribution in [0.25, 0.3) is 11.0 Å². The molecule has 3 aromatic rings. The quantitative estimate of drug-likeness (QED) is 0.359. The standard InChI is InChI=1S/C22H19N5O4/c1-14-10-18(31-22(28)15-2-5-17(6-3-15)27(29)30)13-26(12-14)19-7-4-16(11-23)20-21(19)25-9-8-24-20/h2-9,14,18H,10,12-13H2,1H3/t14-,18-/m1/s1. The van der Waals surface area contributed by atoms with Gasteiger partial charge in [0.25, 0.3) is 5.69 Å². The zero-order valence-electron chi connectivity index (χ0n) is 16.8. The fourth-order valence-electron chi connectivity index (χ4n) is 3.90. The minimum absolute atomic E-state index is 0.0807. The van der Waals surface area contributed by atoms with Gasteiger partial charge in [-0.05, 0) is 36.6 Å². The summed E-state index contributed by atoms with van der Waals surface area (Å²) in [7, 11) is 0. The summed E-state index contributed by atoms with van der Waals surface area (Å²) in [5.74, 6) is -0.260. The van der Waals surface area contributed by atoms with Crippen molar-refractivity contribution < 1.29 is 14.5 Å². The van der Waals surface area contributed by atoms with Gasteiger partial charge >= 0.3 is 5.97 Å². The van der Waals surface area contributed by atoms with Gasteiger partial charge in [0, 0.05) is 31.1 Å². The molecule has 1 saturated heterocycles. The number of carbonyl (C=O) groups is 1. The van der Waals surface area contributed by atoms with Crippen molar-refractivity contribution in [3.05, 3.63) is 70.0 Å². The molecular formula is C22H19N5O4. The predicted octanol–water partition coefficient (Wildman–Crippen LogP) is 3.48. The Morgan fingerprint density at radius 2 is 1.87 bits per heavy atom. The molecule has 0 spiro atoms. The molecule has 0 saturated carbocycles. The van der Waals surface area contributed by atoms with Crippen molar-refractivity contribution in [1.82, 2.24) is 9.97 Å². The lowest BCUT2D eigenvalue weighted by atomic mass is 9.96. The van der Waals surface area contributed by atoms with Crippen LogP contribution in [-0.4, -0.2) is 40.1 Å².